The minimum atomic E-state index is -4.69. The summed E-state index contributed by atoms with van der Waals surface area (Å²) in [6.45, 7) is 0.846. The van der Waals surface area contributed by atoms with Gasteiger partial charge in [-0.3, -0.25) is 4.79 Å². The summed E-state index contributed by atoms with van der Waals surface area (Å²) in [5.74, 6) is -0.400. The molecule has 8 heteroatoms. The topological polar surface area (TPSA) is 50.4 Å². The van der Waals surface area contributed by atoms with Crippen LogP contribution in [-0.4, -0.2) is 25.9 Å². The fraction of sp³-hybridized carbons (Fsp3) is 0.417. The van der Waals surface area contributed by atoms with E-state index in [1.54, 1.807) is 7.05 Å². The molecule has 1 amide bonds. The zero-order valence-corrected chi connectivity index (χ0v) is 11.6. The Hall–Kier alpha value is -1.47. The Morgan fingerprint density at radius 1 is 1.25 bits per heavy atom. The van der Waals surface area contributed by atoms with E-state index in [4.69, 9.17) is 0 Å². The standard InChI is InChI=1S/C12H15F3N2O2.ClH/c1-16-7-6-11(18)17-8-9-2-4-10(5-3-9)19-12(13,14)15;/h2-5,16H,6-8H2,1H3,(H,17,18);1H. The van der Waals surface area contributed by atoms with Gasteiger partial charge < -0.3 is 15.4 Å². The molecule has 1 rings (SSSR count). The summed E-state index contributed by atoms with van der Waals surface area (Å²) in [6.07, 6.45) is -4.34. The lowest BCUT2D eigenvalue weighted by molar-refractivity contribution is -0.274. The van der Waals surface area contributed by atoms with Gasteiger partial charge in [0.25, 0.3) is 0 Å². The van der Waals surface area contributed by atoms with Crippen LogP contribution in [0.1, 0.15) is 12.0 Å². The number of hydrogen-bond acceptors (Lipinski definition) is 3. The third-order valence-electron chi connectivity index (χ3n) is 2.25. The van der Waals surface area contributed by atoms with E-state index in [2.05, 4.69) is 15.4 Å². The van der Waals surface area contributed by atoms with Gasteiger partial charge in [0.2, 0.25) is 5.91 Å². The number of benzene rings is 1. The molecule has 0 radical (unpaired) electrons. The molecule has 1 aromatic carbocycles. The van der Waals surface area contributed by atoms with Crippen molar-refractivity contribution in [3.63, 3.8) is 0 Å². The average Bonchev–Trinajstić information content (AvgIpc) is 2.33. The van der Waals surface area contributed by atoms with Crippen LogP contribution in [-0.2, 0) is 11.3 Å². The second-order valence-electron chi connectivity index (χ2n) is 3.82. The summed E-state index contributed by atoms with van der Waals surface area (Å²) in [5.41, 5.74) is 0.701. The zero-order chi connectivity index (χ0) is 14.3. The zero-order valence-electron chi connectivity index (χ0n) is 10.8. The van der Waals surface area contributed by atoms with Gasteiger partial charge in [0.1, 0.15) is 5.75 Å². The largest absolute Gasteiger partial charge is 0.573 e. The van der Waals surface area contributed by atoms with E-state index in [-0.39, 0.29) is 30.6 Å². The van der Waals surface area contributed by atoms with E-state index < -0.39 is 6.36 Å². The van der Waals surface area contributed by atoms with E-state index in [1.165, 1.54) is 24.3 Å². The van der Waals surface area contributed by atoms with Gasteiger partial charge in [0.15, 0.2) is 0 Å². The number of alkyl halides is 3. The van der Waals surface area contributed by atoms with Gasteiger partial charge in [-0.1, -0.05) is 12.1 Å². The lowest BCUT2D eigenvalue weighted by Crippen LogP contribution is -2.26. The lowest BCUT2D eigenvalue weighted by atomic mass is 10.2. The molecule has 0 aromatic heterocycles. The van der Waals surface area contributed by atoms with Gasteiger partial charge in [-0.15, -0.1) is 25.6 Å². The number of hydrogen-bond donors (Lipinski definition) is 2. The quantitative estimate of drug-likeness (QED) is 0.847. The Kier molecular flexibility index (Phi) is 8.02. The van der Waals surface area contributed by atoms with Crippen molar-refractivity contribution in [2.75, 3.05) is 13.6 Å². The van der Waals surface area contributed by atoms with Crippen LogP contribution in [0.3, 0.4) is 0 Å². The Morgan fingerprint density at radius 3 is 2.35 bits per heavy atom. The van der Waals surface area contributed by atoms with Crippen molar-refractivity contribution in [3.05, 3.63) is 29.8 Å². The van der Waals surface area contributed by atoms with Crippen LogP contribution < -0.4 is 15.4 Å². The van der Waals surface area contributed by atoms with Gasteiger partial charge in [-0.05, 0) is 24.7 Å². The van der Waals surface area contributed by atoms with E-state index in [0.29, 0.717) is 18.5 Å². The van der Waals surface area contributed by atoms with Crippen LogP contribution in [0.25, 0.3) is 0 Å². The molecule has 0 heterocycles. The number of ether oxygens (including phenoxy) is 1. The number of nitrogens with one attached hydrogen (secondary N) is 2. The van der Waals surface area contributed by atoms with Crippen LogP contribution in [0.2, 0.25) is 0 Å². The number of amides is 1. The predicted octanol–water partition coefficient (Wildman–Crippen LogP) is 2.23. The Balaban J connectivity index is 0.00000361. The lowest BCUT2D eigenvalue weighted by Gasteiger charge is -2.09. The third kappa shape index (κ3) is 7.85. The first-order valence-electron chi connectivity index (χ1n) is 5.66. The van der Waals surface area contributed by atoms with Gasteiger partial charge in [-0.2, -0.15) is 0 Å². The summed E-state index contributed by atoms with van der Waals surface area (Å²) >= 11 is 0. The molecule has 0 bridgehead atoms. The normalized spacial score (nSPS) is 10.6. The van der Waals surface area contributed by atoms with Gasteiger partial charge in [-0.25, -0.2) is 0 Å². The molecule has 0 aliphatic carbocycles. The minimum Gasteiger partial charge on any atom is -0.406 e. The highest BCUT2D eigenvalue weighted by molar-refractivity contribution is 5.85. The SMILES string of the molecule is CNCCC(=O)NCc1ccc(OC(F)(F)F)cc1.Cl. The second-order valence-corrected chi connectivity index (χ2v) is 3.82. The Morgan fingerprint density at radius 2 is 1.85 bits per heavy atom. The molecule has 4 nitrogen and oxygen atoms in total. The molecule has 0 spiro atoms. The van der Waals surface area contributed by atoms with Crippen molar-refractivity contribution < 1.29 is 22.7 Å². The molecule has 2 N–H and O–H groups in total. The first-order chi connectivity index (χ1) is 8.90. The molecule has 20 heavy (non-hydrogen) atoms. The molecular weight excluding hydrogens is 297 g/mol. The van der Waals surface area contributed by atoms with E-state index in [0.717, 1.165) is 0 Å². The summed E-state index contributed by atoms with van der Waals surface area (Å²) in [5, 5.41) is 5.50. The molecule has 0 unspecified atom stereocenters. The third-order valence-corrected chi connectivity index (χ3v) is 2.25. The summed E-state index contributed by atoms with van der Waals surface area (Å²) < 4.78 is 39.5. The molecule has 0 fully saturated rings. The molecule has 1 aromatic rings. The summed E-state index contributed by atoms with van der Waals surface area (Å²) in [7, 11) is 1.74. The molecule has 0 saturated carbocycles. The maximum atomic E-state index is 11.9. The van der Waals surface area contributed by atoms with Crippen LogP contribution in [0.15, 0.2) is 24.3 Å². The van der Waals surface area contributed by atoms with Crippen molar-refractivity contribution in [1.82, 2.24) is 10.6 Å². The van der Waals surface area contributed by atoms with Crippen LogP contribution in [0, 0.1) is 0 Å². The first-order valence-corrected chi connectivity index (χ1v) is 5.66. The second kappa shape index (κ2) is 8.65. The van der Waals surface area contributed by atoms with Gasteiger partial charge in [0, 0.05) is 19.5 Å². The van der Waals surface area contributed by atoms with E-state index in [1.807, 2.05) is 0 Å². The molecule has 0 aliphatic rings. The number of halogens is 4. The molecule has 0 aliphatic heterocycles. The Labute approximate surface area is 121 Å². The van der Waals surface area contributed by atoms with E-state index >= 15 is 0 Å². The van der Waals surface area contributed by atoms with Crippen molar-refractivity contribution in [2.45, 2.75) is 19.3 Å². The summed E-state index contributed by atoms with van der Waals surface area (Å²) in [4.78, 5) is 11.3. The highest BCUT2D eigenvalue weighted by Gasteiger charge is 2.30. The first kappa shape index (κ1) is 18.5. The monoisotopic (exact) mass is 312 g/mol. The maximum absolute atomic E-state index is 11.9. The number of carbonyl (C=O) groups is 1. The van der Waals surface area contributed by atoms with Gasteiger partial charge >= 0.3 is 6.36 Å². The minimum absolute atomic E-state index is 0. The van der Waals surface area contributed by atoms with Crippen molar-refractivity contribution in [3.8, 4) is 5.75 Å². The average molecular weight is 313 g/mol. The molecule has 0 atom stereocenters. The Bertz CT molecular complexity index is 410. The van der Waals surface area contributed by atoms with Gasteiger partial charge in [0.05, 0.1) is 0 Å². The highest BCUT2D eigenvalue weighted by Crippen LogP contribution is 2.22. The van der Waals surface area contributed by atoms with Crippen LogP contribution in [0.4, 0.5) is 13.2 Å². The number of rotatable bonds is 6. The van der Waals surface area contributed by atoms with Crippen molar-refractivity contribution >= 4 is 18.3 Å². The molecular formula is C12H16ClF3N2O2. The highest BCUT2D eigenvalue weighted by atomic mass is 35.5. The summed E-state index contributed by atoms with van der Waals surface area (Å²) in [6, 6.07) is 5.37. The van der Waals surface area contributed by atoms with Crippen LogP contribution >= 0.6 is 12.4 Å². The molecule has 0 saturated heterocycles. The molecule has 114 valence electrons. The fourth-order valence-electron chi connectivity index (χ4n) is 1.34. The van der Waals surface area contributed by atoms with Crippen molar-refractivity contribution in [1.29, 1.82) is 0 Å². The fourth-order valence-corrected chi connectivity index (χ4v) is 1.34. The predicted molar refractivity (Wildman–Crippen MR) is 70.8 cm³/mol. The smallest absolute Gasteiger partial charge is 0.406 e. The number of carbonyl (C=O) groups excluding carboxylic acids is 1. The maximum Gasteiger partial charge on any atom is 0.573 e. The van der Waals surface area contributed by atoms with Crippen molar-refractivity contribution in [2.24, 2.45) is 0 Å². The van der Waals surface area contributed by atoms with Crippen LogP contribution in [0.5, 0.6) is 5.75 Å². The van der Waals surface area contributed by atoms with E-state index in [9.17, 15) is 18.0 Å².